The predicted octanol–water partition coefficient (Wildman–Crippen LogP) is 1.72. The molecule has 0 saturated carbocycles. The van der Waals surface area contributed by atoms with Crippen LogP contribution in [0.1, 0.15) is 23.2 Å². The molecule has 1 aliphatic rings. The van der Waals surface area contributed by atoms with E-state index in [9.17, 15) is 9.90 Å². The normalized spacial score (nSPS) is 17.2. The zero-order chi connectivity index (χ0) is 12.4. The Morgan fingerprint density at radius 2 is 2.06 bits per heavy atom. The molecule has 0 aromatic heterocycles. The van der Waals surface area contributed by atoms with Gasteiger partial charge in [0.2, 0.25) is 0 Å². The number of aromatic hydroxyl groups is 1. The van der Waals surface area contributed by atoms with E-state index in [1.54, 1.807) is 17.0 Å². The highest BCUT2D eigenvalue weighted by Crippen LogP contribution is 2.24. The summed E-state index contributed by atoms with van der Waals surface area (Å²) in [6.07, 6.45) is 1.64. The van der Waals surface area contributed by atoms with E-state index in [4.69, 9.17) is 5.73 Å². The summed E-state index contributed by atoms with van der Waals surface area (Å²) in [7, 11) is 0. The largest absolute Gasteiger partial charge is 0.507 e. The molecule has 1 amide bonds. The van der Waals surface area contributed by atoms with Crippen LogP contribution in [0.4, 0.5) is 0 Å². The number of amides is 1. The molecule has 0 atom stereocenters. The van der Waals surface area contributed by atoms with E-state index in [1.807, 2.05) is 0 Å². The van der Waals surface area contributed by atoms with E-state index in [1.165, 1.54) is 6.07 Å². The van der Waals surface area contributed by atoms with Gasteiger partial charge in [0.05, 0.1) is 5.56 Å². The molecule has 3 N–H and O–H groups in total. The van der Waals surface area contributed by atoms with Crippen molar-refractivity contribution in [2.24, 2.45) is 5.73 Å². The van der Waals surface area contributed by atoms with Crippen LogP contribution in [0.2, 0.25) is 0 Å². The lowest BCUT2D eigenvalue weighted by Gasteiger charge is -2.30. The Morgan fingerprint density at radius 1 is 1.41 bits per heavy atom. The Balaban J connectivity index is 2.14. The molecule has 17 heavy (non-hydrogen) atoms. The lowest BCUT2D eigenvalue weighted by atomic mass is 10.0. The van der Waals surface area contributed by atoms with Crippen molar-refractivity contribution in [2.75, 3.05) is 13.1 Å². The average molecular weight is 299 g/mol. The quantitative estimate of drug-likeness (QED) is 0.829. The molecule has 1 saturated heterocycles. The first-order valence-corrected chi connectivity index (χ1v) is 6.40. The first-order valence-electron chi connectivity index (χ1n) is 5.61. The third kappa shape index (κ3) is 2.79. The molecule has 5 heteroatoms. The number of nitrogens with zero attached hydrogens (tertiary/aromatic N) is 1. The van der Waals surface area contributed by atoms with Crippen molar-refractivity contribution in [1.29, 1.82) is 0 Å². The summed E-state index contributed by atoms with van der Waals surface area (Å²) >= 11 is 3.25. The fourth-order valence-electron chi connectivity index (χ4n) is 1.96. The summed E-state index contributed by atoms with van der Waals surface area (Å²) in [6.45, 7) is 1.32. The van der Waals surface area contributed by atoms with Gasteiger partial charge >= 0.3 is 0 Å². The van der Waals surface area contributed by atoms with Gasteiger partial charge in [-0.2, -0.15) is 0 Å². The van der Waals surface area contributed by atoms with Gasteiger partial charge in [-0.05, 0) is 31.0 Å². The second kappa shape index (κ2) is 5.06. The van der Waals surface area contributed by atoms with Gasteiger partial charge < -0.3 is 15.7 Å². The number of hydrogen-bond donors (Lipinski definition) is 2. The molecular weight excluding hydrogens is 284 g/mol. The van der Waals surface area contributed by atoms with E-state index in [0.717, 1.165) is 17.3 Å². The van der Waals surface area contributed by atoms with Gasteiger partial charge in [0.15, 0.2) is 0 Å². The van der Waals surface area contributed by atoms with Crippen molar-refractivity contribution >= 4 is 21.8 Å². The van der Waals surface area contributed by atoms with Gasteiger partial charge in [-0.3, -0.25) is 4.79 Å². The molecule has 0 unspecified atom stereocenters. The first kappa shape index (κ1) is 12.4. The SMILES string of the molecule is NC1CCN(C(=O)c2ccc(Br)cc2O)CC1. The summed E-state index contributed by atoms with van der Waals surface area (Å²) in [6, 6.07) is 5.11. The lowest BCUT2D eigenvalue weighted by Crippen LogP contribution is -2.42. The molecule has 1 aromatic rings. The zero-order valence-corrected chi connectivity index (χ0v) is 11.0. The maximum atomic E-state index is 12.1. The van der Waals surface area contributed by atoms with Gasteiger partial charge in [0.25, 0.3) is 5.91 Å². The highest BCUT2D eigenvalue weighted by Gasteiger charge is 2.23. The third-order valence-corrected chi connectivity index (χ3v) is 3.51. The number of benzene rings is 1. The summed E-state index contributed by atoms with van der Waals surface area (Å²) in [5, 5.41) is 9.74. The van der Waals surface area contributed by atoms with Crippen LogP contribution in [-0.4, -0.2) is 35.0 Å². The first-order chi connectivity index (χ1) is 8.08. The van der Waals surface area contributed by atoms with Gasteiger partial charge in [-0.1, -0.05) is 15.9 Å². The van der Waals surface area contributed by atoms with Gasteiger partial charge in [0, 0.05) is 23.6 Å². The minimum atomic E-state index is -0.123. The molecule has 0 spiro atoms. The van der Waals surface area contributed by atoms with Crippen molar-refractivity contribution < 1.29 is 9.90 Å². The Bertz CT molecular complexity index is 429. The van der Waals surface area contributed by atoms with E-state index in [-0.39, 0.29) is 17.7 Å². The highest BCUT2D eigenvalue weighted by atomic mass is 79.9. The molecule has 92 valence electrons. The van der Waals surface area contributed by atoms with Crippen LogP contribution in [0.3, 0.4) is 0 Å². The fourth-order valence-corrected chi connectivity index (χ4v) is 2.31. The van der Waals surface area contributed by atoms with E-state index in [2.05, 4.69) is 15.9 Å². The molecule has 1 fully saturated rings. The van der Waals surface area contributed by atoms with Gasteiger partial charge in [-0.15, -0.1) is 0 Å². The number of carbonyl (C=O) groups excluding carboxylic acids is 1. The van der Waals surface area contributed by atoms with E-state index < -0.39 is 0 Å². The van der Waals surface area contributed by atoms with Crippen molar-refractivity contribution in [3.8, 4) is 5.75 Å². The van der Waals surface area contributed by atoms with Crippen LogP contribution in [0, 0.1) is 0 Å². The molecular formula is C12H15BrN2O2. The zero-order valence-electron chi connectivity index (χ0n) is 9.40. The molecule has 1 aromatic carbocycles. The predicted molar refractivity (Wildman–Crippen MR) is 68.9 cm³/mol. The molecule has 0 bridgehead atoms. The van der Waals surface area contributed by atoms with Crippen molar-refractivity contribution in [3.63, 3.8) is 0 Å². The van der Waals surface area contributed by atoms with Crippen LogP contribution in [0.15, 0.2) is 22.7 Å². The Labute approximate surface area is 109 Å². The van der Waals surface area contributed by atoms with E-state index in [0.29, 0.717) is 18.7 Å². The van der Waals surface area contributed by atoms with Crippen LogP contribution in [-0.2, 0) is 0 Å². The fraction of sp³-hybridized carbons (Fsp3) is 0.417. The summed E-state index contributed by atoms with van der Waals surface area (Å²) in [5.74, 6) is -0.110. The number of carbonyl (C=O) groups is 1. The summed E-state index contributed by atoms with van der Waals surface area (Å²) in [4.78, 5) is 13.9. The average Bonchev–Trinajstić information content (AvgIpc) is 2.29. The minimum Gasteiger partial charge on any atom is -0.507 e. The van der Waals surface area contributed by atoms with Crippen molar-refractivity contribution in [2.45, 2.75) is 18.9 Å². The summed E-state index contributed by atoms with van der Waals surface area (Å²) < 4.78 is 0.757. The number of nitrogens with two attached hydrogens (primary N) is 1. The monoisotopic (exact) mass is 298 g/mol. The maximum Gasteiger partial charge on any atom is 0.257 e. The number of phenols is 1. The van der Waals surface area contributed by atoms with Crippen LogP contribution < -0.4 is 5.73 Å². The Morgan fingerprint density at radius 3 is 2.65 bits per heavy atom. The van der Waals surface area contributed by atoms with Crippen LogP contribution in [0.5, 0.6) is 5.75 Å². The number of rotatable bonds is 1. The van der Waals surface area contributed by atoms with Crippen LogP contribution in [0.25, 0.3) is 0 Å². The molecule has 2 rings (SSSR count). The second-order valence-electron chi connectivity index (χ2n) is 4.29. The van der Waals surface area contributed by atoms with Gasteiger partial charge in [-0.25, -0.2) is 0 Å². The molecule has 0 radical (unpaired) electrons. The molecule has 1 aliphatic heterocycles. The third-order valence-electron chi connectivity index (χ3n) is 3.02. The molecule has 1 heterocycles. The van der Waals surface area contributed by atoms with Gasteiger partial charge in [0.1, 0.15) is 5.75 Å². The number of hydrogen-bond acceptors (Lipinski definition) is 3. The van der Waals surface area contributed by atoms with E-state index >= 15 is 0 Å². The minimum absolute atomic E-state index is 0.0132. The molecule has 0 aliphatic carbocycles. The maximum absolute atomic E-state index is 12.1. The number of phenolic OH excluding ortho intramolecular Hbond substituents is 1. The number of piperidine rings is 1. The Hall–Kier alpha value is -1.07. The number of halogens is 1. The van der Waals surface area contributed by atoms with Crippen molar-refractivity contribution in [3.05, 3.63) is 28.2 Å². The molecule has 4 nitrogen and oxygen atoms in total. The standard InChI is InChI=1S/C12H15BrN2O2/c13-8-1-2-10(11(16)7-8)12(17)15-5-3-9(14)4-6-15/h1-2,7,9,16H,3-6,14H2. The number of likely N-dealkylation sites (tertiary alicyclic amines) is 1. The topological polar surface area (TPSA) is 66.6 Å². The Kier molecular flexibility index (Phi) is 3.69. The second-order valence-corrected chi connectivity index (χ2v) is 5.21. The van der Waals surface area contributed by atoms with Crippen molar-refractivity contribution in [1.82, 2.24) is 4.90 Å². The smallest absolute Gasteiger partial charge is 0.257 e. The van der Waals surface area contributed by atoms with Crippen LogP contribution >= 0.6 is 15.9 Å². The summed E-state index contributed by atoms with van der Waals surface area (Å²) in [5.41, 5.74) is 6.14. The highest BCUT2D eigenvalue weighted by molar-refractivity contribution is 9.10. The lowest BCUT2D eigenvalue weighted by molar-refractivity contribution is 0.0711.